The van der Waals surface area contributed by atoms with Gasteiger partial charge in [-0.05, 0) is 49.4 Å². The van der Waals surface area contributed by atoms with E-state index in [2.05, 4.69) is 0 Å². The molecule has 1 aromatic rings. The third-order valence-corrected chi connectivity index (χ3v) is 4.14. The Morgan fingerprint density at radius 1 is 1.20 bits per heavy atom. The van der Waals surface area contributed by atoms with Crippen molar-refractivity contribution in [3.05, 3.63) is 29.8 Å². The highest BCUT2D eigenvalue weighted by molar-refractivity contribution is 5.29. The first-order valence-electron chi connectivity index (χ1n) is 7.90. The van der Waals surface area contributed by atoms with Crippen molar-refractivity contribution >= 4 is 0 Å². The van der Waals surface area contributed by atoms with Crippen LogP contribution < -0.4 is 10.5 Å². The van der Waals surface area contributed by atoms with Gasteiger partial charge in [0, 0.05) is 0 Å². The van der Waals surface area contributed by atoms with Crippen LogP contribution in [0, 0.1) is 5.92 Å². The molecule has 0 aromatic heterocycles. The van der Waals surface area contributed by atoms with E-state index in [0.717, 1.165) is 17.9 Å². The average Bonchev–Trinajstić information content (AvgIpc) is 2.74. The average molecular weight is 277 g/mol. The lowest BCUT2D eigenvalue weighted by Gasteiger charge is -2.16. The molecule has 3 heteroatoms. The van der Waals surface area contributed by atoms with Gasteiger partial charge in [0.05, 0.1) is 12.7 Å². The second kappa shape index (κ2) is 8.28. The van der Waals surface area contributed by atoms with Crippen LogP contribution in [0.25, 0.3) is 0 Å². The van der Waals surface area contributed by atoms with Crippen LogP contribution in [0.15, 0.2) is 24.3 Å². The molecule has 0 heterocycles. The normalized spacial score (nSPS) is 18.5. The first-order chi connectivity index (χ1) is 9.79. The minimum absolute atomic E-state index is 0.485. The zero-order valence-corrected chi connectivity index (χ0v) is 12.3. The van der Waals surface area contributed by atoms with Crippen LogP contribution >= 0.6 is 0 Å². The molecule has 0 amide bonds. The van der Waals surface area contributed by atoms with Crippen molar-refractivity contribution < 1.29 is 9.84 Å². The van der Waals surface area contributed by atoms with Crippen molar-refractivity contribution in [1.29, 1.82) is 0 Å². The summed E-state index contributed by atoms with van der Waals surface area (Å²) in [6.45, 7) is 1.30. The summed E-state index contributed by atoms with van der Waals surface area (Å²) in [5.74, 6) is 1.55. The zero-order chi connectivity index (χ0) is 14.2. The summed E-state index contributed by atoms with van der Waals surface area (Å²) in [5, 5.41) is 9.96. The fourth-order valence-corrected chi connectivity index (χ4v) is 2.88. The van der Waals surface area contributed by atoms with Crippen LogP contribution in [-0.4, -0.2) is 18.3 Å². The molecule has 1 aromatic carbocycles. The number of benzene rings is 1. The molecule has 20 heavy (non-hydrogen) atoms. The summed E-state index contributed by atoms with van der Waals surface area (Å²) in [4.78, 5) is 0. The molecule has 0 spiro atoms. The largest absolute Gasteiger partial charge is 0.493 e. The van der Waals surface area contributed by atoms with E-state index in [1.807, 2.05) is 24.3 Å². The van der Waals surface area contributed by atoms with Gasteiger partial charge in [-0.3, -0.25) is 0 Å². The topological polar surface area (TPSA) is 55.5 Å². The van der Waals surface area contributed by atoms with Crippen LogP contribution in [0.3, 0.4) is 0 Å². The monoisotopic (exact) mass is 277 g/mol. The van der Waals surface area contributed by atoms with Crippen LogP contribution in [0.5, 0.6) is 5.75 Å². The molecule has 1 unspecified atom stereocenters. The van der Waals surface area contributed by atoms with E-state index in [9.17, 15) is 5.11 Å². The van der Waals surface area contributed by atoms with Crippen molar-refractivity contribution in [2.24, 2.45) is 11.7 Å². The number of aliphatic hydroxyl groups excluding tert-OH is 1. The number of ether oxygens (including phenoxy) is 1. The van der Waals surface area contributed by atoms with Gasteiger partial charge in [-0.25, -0.2) is 0 Å². The summed E-state index contributed by atoms with van der Waals surface area (Å²) in [5.41, 5.74) is 6.38. The van der Waals surface area contributed by atoms with Gasteiger partial charge in [-0.2, -0.15) is 0 Å². The standard InChI is InChI=1S/C17H27NO2/c18-11-10-17(19)15-8-5-9-16(12-15)20-13-14-6-3-1-2-4-7-14/h5,8-9,12,14,17,19H,1-4,6-7,10-11,13,18H2. The van der Waals surface area contributed by atoms with Gasteiger partial charge in [-0.1, -0.05) is 37.8 Å². The summed E-state index contributed by atoms with van der Waals surface area (Å²) in [6, 6.07) is 7.78. The van der Waals surface area contributed by atoms with Crippen LogP contribution in [0.2, 0.25) is 0 Å². The van der Waals surface area contributed by atoms with Gasteiger partial charge in [0.25, 0.3) is 0 Å². The van der Waals surface area contributed by atoms with Gasteiger partial charge in [0.2, 0.25) is 0 Å². The van der Waals surface area contributed by atoms with Crippen molar-refractivity contribution in [2.75, 3.05) is 13.2 Å². The minimum atomic E-state index is -0.485. The predicted octanol–water partition coefficient (Wildman–Crippen LogP) is 3.42. The second-order valence-electron chi connectivity index (χ2n) is 5.83. The Morgan fingerprint density at radius 3 is 2.65 bits per heavy atom. The SMILES string of the molecule is NCCC(O)c1cccc(OCC2CCCCCC2)c1. The van der Waals surface area contributed by atoms with Gasteiger partial charge in [0.15, 0.2) is 0 Å². The van der Waals surface area contributed by atoms with Crippen LogP contribution in [0.1, 0.15) is 56.6 Å². The van der Waals surface area contributed by atoms with Crippen molar-refractivity contribution in [2.45, 2.75) is 51.0 Å². The fraction of sp³-hybridized carbons (Fsp3) is 0.647. The Kier molecular flexibility index (Phi) is 6.34. The second-order valence-corrected chi connectivity index (χ2v) is 5.83. The molecule has 0 aliphatic heterocycles. The molecule has 2 rings (SSSR count). The predicted molar refractivity (Wildman–Crippen MR) is 81.8 cm³/mol. The molecule has 112 valence electrons. The van der Waals surface area contributed by atoms with Crippen LogP contribution in [-0.2, 0) is 0 Å². The molecule has 0 bridgehead atoms. The van der Waals surface area contributed by atoms with Gasteiger partial charge < -0.3 is 15.6 Å². The number of nitrogens with two attached hydrogens (primary N) is 1. The maximum atomic E-state index is 9.96. The maximum Gasteiger partial charge on any atom is 0.119 e. The molecule has 1 fully saturated rings. The Bertz CT molecular complexity index is 386. The third kappa shape index (κ3) is 4.80. The van der Waals surface area contributed by atoms with E-state index in [4.69, 9.17) is 10.5 Å². The van der Waals surface area contributed by atoms with E-state index in [1.54, 1.807) is 0 Å². The Labute approximate surface area is 122 Å². The van der Waals surface area contributed by atoms with E-state index in [0.29, 0.717) is 18.9 Å². The van der Waals surface area contributed by atoms with Crippen LogP contribution in [0.4, 0.5) is 0 Å². The molecule has 0 radical (unpaired) electrons. The number of hydrogen-bond donors (Lipinski definition) is 2. The lowest BCUT2D eigenvalue weighted by molar-refractivity contribution is 0.169. The first kappa shape index (κ1) is 15.3. The summed E-state index contributed by atoms with van der Waals surface area (Å²) >= 11 is 0. The highest BCUT2D eigenvalue weighted by Gasteiger charge is 2.13. The molecule has 1 atom stereocenters. The molecular formula is C17H27NO2. The zero-order valence-electron chi connectivity index (χ0n) is 12.3. The molecule has 0 saturated heterocycles. The molecular weight excluding hydrogens is 250 g/mol. The van der Waals surface area contributed by atoms with Gasteiger partial charge in [0.1, 0.15) is 5.75 Å². The fourth-order valence-electron chi connectivity index (χ4n) is 2.88. The van der Waals surface area contributed by atoms with Gasteiger partial charge in [-0.15, -0.1) is 0 Å². The number of rotatable bonds is 6. The summed E-state index contributed by atoms with van der Waals surface area (Å²) < 4.78 is 5.93. The Morgan fingerprint density at radius 2 is 1.95 bits per heavy atom. The molecule has 3 N–H and O–H groups in total. The highest BCUT2D eigenvalue weighted by Crippen LogP contribution is 2.25. The van der Waals surface area contributed by atoms with E-state index < -0.39 is 6.10 Å². The van der Waals surface area contributed by atoms with Gasteiger partial charge >= 0.3 is 0 Å². The maximum absolute atomic E-state index is 9.96. The molecule has 1 aliphatic carbocycles. The first-order valence-corrected chi connectivity index (χ1v) is 7.90. The van der Waals surface area contributed by atoms with Crippen molar-refractivity contribution in [1.82, 2.24) is 0 Å². The molecule has 1 aliphatic rings. The van der Waals surface area contributed by atoms with E-state index in [-0.39, 0.29) is 0 Å². The lowest BCUT2D eigenvalue weighted by Crippen LogP contribution is -2.11. The highest BCUT2D eigenvalue weighted by atomic mass is 16.5. The number of hydrogen-bond acceptors (Lipinski definition) is 3. The summed E-state index contributed by atoms with van der Waals surface area (Å²) in [7, 11) is 0. The molecule has 1 saturated carbocycles. The smallest absolute Gasteiger partial charge is 0.119 e. The molecule has 3 nitrogen and oxygen atoms in total. The van der Waals surface area contributed by atoms with Crippen molar-refractivity contribution in [3.8, 4) is 5.75 Å². The lowest BCUT2D eigenvalue weighted by atomic mass is 10.0. The van der Waals surface area contributed by atoms with E-state index in [1.165, 1.54) is 38.5 Å². The number of aliphatic hydroxyl groups is 1. The van der Waals surface area contributed by atoms with E-state index >= 15 is 0 Å². The Hall–Kier alpha value is -1.06. The third-order valence-electron chi connectivity index (χ3n) is 4.14. The Balaban J connectivity index is 1.87. The van der Waals surface area contributed by atoms with Crippen molar-refractivity contribution in [3.63, 3.8) is 0 Å². The minimum Gasteiger partial charge on any atom is -0.493 e. The quantitative estimate of drug-likeness (QED) is 0.783. The summed E-state index contributed by atoms with van der Waals surface area (Å²) in [6.07, 6.45) is 8.10.